The third-order valence-electron chi connectivity index (χ3n) is 2.83. The van der Waals surface area contributed by atoms with Gasteiger partial charge >= 0.3 is 0 Å². The molecule has 0 amide bonds. The van der Waals surface area contributed by atoms with Crippen LogP contribution in [0.4, 0.5) is 0 Å². The molecule has 0 aliphatic rings. The van der Waals surface area contributed by atoms with Crippen LogP contribution in [0.1, 0.15) is 62.0 Å². The smallest absolute Gasteiger partial charge is 0.154 e. The van der Waals surface area contributed by atoms with E-state index in [1.165, 1.54) is 0 Å². The number of aromatic hydroxyl groups is 1. The van der Waals surface area contributed by atoms with Gasteiger partial charge in [-0.15, -0.1) is 0 Å². The summed E-state index contributed by atoms with van der Waals surface area (Å²) in [7, 11) is 0. The van der Waals surface area contributed by atoms with Gasteiger partial charge in [0.25, 0.3) is 0 Å². The summed E-state index contributed by atoms with van der Waals surface area (Å²) < 4.78 is 0.886. The van der Waals surface area contributed by atoms with Crippen LogP contribution in [0, 0.1) is 0 Å². The van der Waals surface area contributed by atoms with Gasteiger partial charge < -0.3 is 5.11 Å². The molecule has 0 saturated heterocycles. The van der Waals surface area contributed by atoms with E-state index in [0.717, 1.165) is 21.9 Å². The Morgan fingerprint density at radius 3 is 2.24 bits per heavy atom. The van der Waals surface area contributed by atoms with Crippen LogP contribution in [-0.4, -0.2) is 11.4 Å². The van der Waals surface area contributed by atoms with Crippen molar-refractivity contribution in [2.45, 2.75) is 46.0 Å². The Bertz CT molecular complexity index is 443. The summed E-state index contributed by atoms with van der Waals surface area (Å²) in [6.07, 6.45) is 0.741. The molecule has 2 nitrogen and oxygen atoms in total. The fourth-order valence-electron chi connectivity index (χ4n) is 1.95. The standard InChI is InChI=1S/C14H19BrO2/c1-8(2)12-9(7-16)13(17)10(6-11(12)15)14(3,4)5/h6-8,17H,1-5H3. The largest absolute Gasteiger partial charge is 0.507 e. The molecule has 0 heterocycles. The van der Waals surface area contributed by atoms with Gasteiger partial charge in [-0.1, -0.05) is 50.5 Å². The molecule has 0 radical (unpaired) electrons. The number of hydrogen-bond donors (Lipinski definition) is 1. The summed E-state index contributed by atoms with van der Waals surface area (Å²) in [6.45, 7) is 10.0. The van der Waals surface area contributed by atoms with Crippen molar-refractivity contribution < 1.29 is 9.90 Å². The fourth-order valence-corrected chi connectivity index (χ4v) is 2.85. The van der Waals surface area contributed by atoms with Crippen molar-refractivity contribution in [3.05, 3.63) is 27.2 Å². The maximum Gasteiger partial charge on any atom is 0.154 e. The Hall–Kier alpha value is -0.830. The van der Waals surface area contributed by atoms with Crippen LogP contribution in [0.3, 0.4) is 0 Å². The second-order valence-corrected chi connectivity index (χ2v) is 6.46. The molecule has 94 valence electrons. The monoisotopic (exact) mass is 298 g/mol. The molecule has 3 heteroatoms. The lowest BCUT2D eigenvalue weighted by atomic mass is 9.83. The van der Waals surface area contributed by atoms with Gasteiger partial charge in [0.05, 0.1) is 5.56 Å². The Kier molecular flexibility index (Phi) is 4.03. The van der Waals surface area contributed by atoms with E-state index in [9.17, 15) is 9.90 Å². The topological polar surface area (TPSA) is 37.3 Å². The minimum Gasteiger partial charge on any atom is -0.507 e. The highest BCUT2D eigenvalue weighted by Gasteiger charge is 2.24. The Labute approximate surface area is 111 Å². The molecule has 0 spiro atoms. The van der Waals surface area contributed by atoms with Crippen molar-refractivity contribution in [2.75, 3.05) is 0 Å². The van der Waals surface area contributed by atoms with Crippen LogP contribution in [-0.2, 0) is 5.41 Å². The molecule has 0 saturated carbocycles. The van der Waals surface area contributed by atoms with E-state index >= 15 is 0 Å². The van der Waals surface area contributed by atoms with Crippen molar-refractivity contribution in [2.24, 2.45) is 0 Å². The molecule has 1 rings (SSSR count). The highest BCUT2D eigenvalue weighted by atomic mass is 79.9. The molecule has 0 bridgehead atoms. The quantitative estimate of drug-likeness (QED) is 0.822. The number of halogens is 1. The molecule has 0 aliphatic carbocycles. The zero-order chi connectivity index (χ0) is 13.4. The van der Waals surface area contributed by atoms with Crippen molar-refractivity contribution in [3.63, 3.8) is 0 Å². The minimum absolute atomic E-state index is 0.111. The summed E-state index contributed by atoms with van der Waals surface area (Å²) in [6, 6.07) is 1.91. The number of carbonyl (C=O) groups is 1. The molecule has 0 unspecified atom stereocenters. The maximum atomic E-state index is 11.2. The maximum absolute atomic E-state index is 11.2. The first kappa shape index (κ1) is 14.2. The lowest BCUT2D eigenvalue weighted by molar-refractivity contribution is 0.111. The highest BCUT2D eigenvalue weighted by Crippen LogP contribution is 2.40. The van der Waals surface area contributed by atoms with E-state index in [1.54, 1.807) is 0 Å². The molecule has 1 aromatic carbocycles. The lowest BCUT2D eigenvalue weighted by Crippen LogP contribution is -2.13. The van der Waals surface area contributed by atoms with Crippen LogP contribution < -0.4 is 0 Å². The number of phenols is 1. The minimum atomic E-state index is -0.195. The van der Waals surface area contributed by atoms with E-state index in [-0.39, 0.29) is 17.1 Å². The highest BCUT2D eigenvalue weighted by molar-refractivity contribution is 9.10. The molecule has 1 aromatic rings. The van der Waals surface area contributed by atoms with Crippen LogP contribution in [0.25, 0.3) is 0 Å². The number of aldehydes is 1. The molecule has 0 aromatic heterocycles. The zero-order valence-corrected chi connectivity index (χ0v) is 12.6. The van der Waals surface area contributed by atoms with Crippen LogP contribution >= 0.6 is 15.9 Å². The summed E-state index contributed by atoms with van der Waals surface area (Å²) in [5.74, 6) is 0.295. The normalized spacial score (nSPS) is 11.9. The fraction of sp³-hybridized carbons (Fsp3) is 0.500. The van der Waals surface area contributed by atoms with Gasteiger partial charge in [0.15, 0.2) is 6.29 Å². The van der Waals surface area contributed by atoms with E-state index in [2.05, 4.69) is 15.9 Å². The predicted octanol–water partition coefficient (Wildman–Crippen LogP) is 4.39. The van der Waals surface area contributed by atoms with Crippen LogP contribution in [0.5, 0.6) is 5.75 Å². The Morgan fingerprint density at radius 1 is 1.35 bits per heavy atom. The second kappa shape index (κ2) is 4.81. The van der Waals surface area contributed by atoms with Gasteiger partial charge in [0.1, 0.15) is 5.75 Å². The van der Waals surface area contributed by atoms with Gasteiger partial charge in [-0.2, -0.15) is 0 Å². The summed E-state index contributed by atoms with van der Waals surface area (Å²) in [4.78, 5) is 11.2. The van der Waals surface area contributed by atoms with Crippen LogP contribution in [0.15, 0.2) is 10.5 Å². The third kappa shape index (κ3) is 2.71. The third-order valence-corrected chi connectivity index (χ3v) is 3.49. The van der Waals surface area contributed by atoms with Crippen molar-refractivity contribution >= 4 is 22.2 Å². The molecule has 0 fully saturated rings. The van der Waals surface area contributed by atoms with Gasteiger partial charge in [0.2, 0.25) is 0 Å². The van der Waals surface area contributed by atoms with E-state index < -0.39 is 0 Å². The number of phenolic OH excluding ortho intramolecular Hbond substituents is 1. The molecule has 0 atom stereocenters. The zero-order valence-electron chi connectivity index (χ0n) is 11.0. The average Bonchev–Trinajstić information content (AvgIpc) is 2.17. The first-order valence-corrected chi connectivity index (χ1v) is 6.50. The summed E-state index contributed by atoms with van der Waals surface area (Å²) in [5.41, 5.74) is 1.86. The predicted molar refractivity (Wildman–Crippen MR) is 74.0 cm³/mol. The molecular weight excluding hydrogens is 280 g/mol. The second-order valence-electron chi connectivity index (χ2n) is 5.60. The van der Waals surface area contributed by atoms with E-state index in [4.69, 9.17) is 0 Å². The number of hydrogen-bond acceptors (Lipinski definition) is 2. The molecule has 1 N–H and O–H groups in total. The van der Waals surface area contributed by atoms with Gasteiger partial charge in [-0.25, -0.2) is 0 Å². The van der Waals surface area contributed by atoms with E-state index in [1.807, 2.05) is 40.7 Å². The number of benzene rings is 1. The number of carbonyl (C=O) groups excluding carboxylic acids is 1. The SMILES string of the molecule is CC(C)c1c(Br)cc(C(C)(C)C)c(O)c1C=O. The molecular formula is C14H19BrO2. The van der Waals surface area contributed by atoms with E-state index in [0.29, 0.717) is 5.56 Å². The first-order valence-electron chi connectivity index (χ1n) is 5.71. The van der Waals surface area contributed by atoms with Crippen molar-refractivity contribution in [3.8, 4) is 5.75 Å². The van der Waals surface area contributed by atoms with Crippen molar-refractivity contribution in [1.82, 2.24) is 0 Å². The number of rotatable bonds is 2. The van der Waals surface area contributed by atoms with Crippen molar-refractivity contribution in [1.29, 1.82) is 0 Å². The average molecular weight is 299 g/mol. The van der Waals surface area contributed by atoms with Gasteiger partial charge in [-0.3, -0.25) is 4.79 Å². The lowest BCUT2D eigenvalue weighted by Gasteiger charge is -2.24. The van der Waals surface area contributed by atoms with Gasteiger partial charge in [-0.05, 0) is 23.0 Å². The van der Waals surface area contributed by atoms with Crippen LogP contribution in [0.2, 0.25) is 0 Å². The Balaban J connectivity index is 3.64. The molecule has 17 heavy (non-hydrogen) atoms. The molecule has 0 aliphatic heterocycles. The summed E-state index contributed by atoms with van der Waals surface area (Å²) in [5, 5.41) is 10.2. The van der Waals surface area contributed by atoms with Gasteiger partial charge in [0, 0.05) is 10.0 Å². The Morgan fingerprint density at radius 2 is 1.88 bits per heavy atom. The first-order chi connectivity index (χ1) is 7.70. The summed E-state index contributed by atoms with van der Waals surface area (Å²) >= 11 is 3.50.